The minimum Gasteiger partial charge on any atom is -0.493 e. The zero-order valence-corrected chi connectivity index (χ0v) is 15.4. The molecule has 2 rings (SSSR count). The molecular weight excluding hydrogens is 320 g/mol. The van der Waals surface area contributed by atoms with E-state index in [0.717, 1.165) is 35.7 Å². The van der Waals surface area contributed by atoms with E-state index in [1.165, 1.54) is 11.1 Å². The average molecular weight is 344 g/mol. The van der Waals surface area contributed by atoms with Gasteiger partial charge >= 0.3 is 0 Å². The van der Waals surface area contributed by atoms with Crippen LogP contribution in [0, 0.1) is 13.8 Å². The molecule has 2 aromatic rings. The van der Waals surface area contributed by atoms with Gasteiger partial charge in [0.25, 0.3) is 0 Å². The van der Waals surface area contributed by atoms with Crippen molar-refractivity contribution in [3.63, 3.8) is 0 Å². The van der Waals surface area contributed by atoms with E-state index in [9.17, 15) is 0 Å². The smallest absolute Gasteiger partial charge is 0.170 e. The monoisotopic (exact) mass is 344 g/mol. The number of methoxy groups -OCH3 is 2. The number of rotatable bonds is 6. The van der Waals surface area contributed by atoms with Gasteiger partial charge in [-0.2, -0.15) is 0 Å². The van der Waals surface area contributed by atoms with Crippen LogP contribution in [0.5, 0.6) is 11.5 Å². The Labute approximate surface area is 149 Å². The highest BCUT2D eigenvalue weighted by molar-refractivity contribution is 7.80. The third-order valence-corrected chi connectivity index (χ3v) is 4.16. The van der Waals surface area contributed by atoms with Gasteiger partial charge in [-0.25, -0.2) is 0 Å². The van der Waals surface area contributed by atoms with Crippen molar-refractivity contribution in [2.75, 3.05) is 26.1 Å². The predicted octanol–water partition coefficient (Wildman–Crippen LogP) is 3.85. The van der Waals surface area contributed by atoms with Gasteiger partial charge in [-0.3, -0.25) is 0 Å². The van der Waals surface area contributed by atoms with Gasteiger partial charge in [0.2, 0.25) is 0 Å². The summed E-state index contributed by atoms with van der Waals surface area (Å²) in [6.07, 6.45) is 0.849. The predicted molar refractivity (Wildman–Crippen MR) is 103 cm³/mol. The second-order valence-electron chi connectivity index (χ2n) is 5.58. The first-order valence-corrected chi connectivity index (χ1v) is 8.28. The van der Waals surface area contributed by atoms with Crippen LogP contribution in [-0.4, -0.2) is 25.9 Å². The molecule has 2 aromatic carbocycles. The number of benzene rings is 2. The maximum Gasteiger partial charge on any atom is 0.170 e. The van der Waals surface area contributed by atoms with Crippen molar-refractivity contribution in [3.8, 4) is 11.5 Å². The summed E-state index contributed by atoms with van der Waals surface area (Å²) < 4.78 is 10.7. The lowest BCUT2D eigenvalue weighted by molar-refractivity contribution is 0.354. The molecule has 0 spiro atoms. The highest BCUT2D eigenvalue weighted by atomic mass is 32.1. The Balaban J connectivity index is 1.92. The second kappa shape index (κ2) is 8.55. The Morgan fingerprint density at radius 2 is 1.67 bits per heavy atom. The number of hydrogen-bond acceptors (Lipinski definition) is 3. The van der Waals surface area contributed by atoms with E-state index in [1.807, 2.05) is 30.3 Å². The van der Waals surface area contributed by atoms with E-state index in [0.29, 0.717) is 5.11 Å². The van der Waals surface area contributed by atoms with Crippen LogP contribution >= 0.6 is 12.2 Å². The summed E-state index contributed by atoms with van der Waals surface area (Å²) in [5.74, 6) is 1.50. The molecule has 4 nitrogen and oxygen atoms in total. The van der Waals surface area contributed by atoms with Crippen LogP contribution in [0.15, 0.2) is 36.4 Å². The number of thiocarbonyl (C=S) groups is 1. The van der Waals surface area contributed by atoms with Gasteiger partial charge in [0.1, 0.15) is 0 Å². The Morgan fingerprint density at radius 1 is 1.00 bits per heavy atom. The zero-order chi connectivity index (χ0) is 17.5. The van der Waals surface area contributed by atoms with Crippen molar-refractivity contribution in [3.05, 3.63) is 53.1 Å². The topological polar surface area (TPSA) is 42.5 Å². The average Bonchev–Trinajstić information content (AvgIpc) is 2.58. The molecule has 0 aliphatic carbocycles. The number of para-hydroxylation sites is 1. The zero-order valence-electron chi connectivity index (χ0n) is 14.6. The number of nitrogens with one attached hydrogen (secondary N) is 2. The molecule has 2 N–H and O–H groups in total. The molecule has 0 atom stereocenters. The lowest BCUT2D eigenvalue weighted by atomic mass is 10.0. The largest absolute Gasteiger partial charge is 0.493 e. The van der Waals surface area contributed by atoms with Crippen LogP contribution in [0.25, 0.3) is 0 Å². The summed E-state index contributed by atoms with van der Waals surface area (Å²) in [7, 11) is 3.30. The third kappa shape index (κ3) is 4.61. The number of anilines is 1. The molecule has 0 saturated carbocycles. The normalized spacial score (nSPS) is 10.2. The van der Waals surface area contributed by atoms with Crippen LogP contribution < -0.4 is 20.1 Å². The number of hydrogen-bond donors (Lipinski definition) is 2. The molecule has 0 fully saturated rings. The van der Waals surface area contributed by atoms with Crippen LogP contribution in [0.2, 0.25) is 0 Å². The summed E-state index contributed by atoms with van der Waals surface area (Å²) >= 11 is 5.37. The summed E-state index contributed by atoms with van der Waals surface area (Å²) in [5.41, 5.74) is 4.57. The van der Waals surface area contributed by atoms with E-state index in [1.54, 1.807) is 14.2 Å². The fraction of sp³-hybridized carbons (Fsp3) is 0.316. The third-order valence-electron chi connectivity index (χ3n) is 3.92. The number of ether oxygens (including phenoxy) is 2. The van der Waals surface area contributed by atoms with E-state index in [2.05, 4.69) is 30.5 Å². The van der Waals surface area contributed by atoms with Gasteiger partial charge in [-0.1, -0.05) is 18.2 Å². The molecule has 0 heterocycles. The summed E-state index contributed by atoms with van der Waals surface area (Å²) in [4.78, 5) is 0. The maximum atomic E-state index is 5.37. The fourth-order valence-electron chi connectivity index (χ4n) is 2.48. The second-order valence-corrected chi connectivity index (χ2v) is 5.99. The number of aryl methyl sites for hydroxylation is 2. The molecule has 0 aliphatic rings. The van der Waals surface area contributed by atoms with Crippen LogP contribution in [0.4, 0.5) is 5.69 Å². The van der Waals surface area contributed by atoms with Crippen molar-refractivity contribution in [2.24, 2.45) is 0 Å². The fourth-order valence-corrected chi connectivity index (χ4v) is 2.69. The van der Waals surface area contributed by atoms with Gasteiger partial charge < -0.3 is 20.1 Å². The molecule has 0 unspecified atom stereocenters. The van der Waals surface area contributed by atoms with Gasteiger partial charge in [0, 0.05) is 12.2 Å². The molecule has 0 saturated heterocycles. The standard InChI is InChI=1S/C19H24N2O2S/c1-13-7-5-6-8-16(13)21-19(24)20-10-9-15-12-18(23-4)17(22-3)11-14(15)2/h5-8,11-12H,9-10H2,1-4H3,(H2,20,21,24). The van der Waals surface area contributed by atoms with E-state index >= 15 is 0 Å². The van der Waals surface area contributed by atoms with E-state index < -0.39 is 0 Å². The van der Waals surface area contributed by atoms with Gasteiger partial charge in [-0.15, -0.1) is 0 Å². The minimum atomic E-state index is 0.627. The van der Waals surface area contributed by atoms with Crippen molar-refractivity contribution in [2.45, 2.75) is 20.3 Å². The quantitative estimate of drug-likeness (QED) is 0.779. The van der Waals surface area contributed by atoms with Crippen LogP contribution in [0.3, 0.4) is 0 Å². The molecule has 0 aromatic heterocycles. The molecular formula is C19H24N2O2S. The molecule has 0 radical (unpaired) electrons. The first-order chi connectivity index (χ1) is 11.5. The molecule has 0 aliphatic heterocycles. The molecule has 0 amide bonds. The Morgan fingerprint density at radius 3 is 2.33 bits per heavy atom. The van der Waals surface area contributed by atoms with E-state index in [4.69, 9.17) is 21.7 Å². The molecule has 0 bridgehead atoms. The molecule has 24 heavy (non-hydrogen) atoms. The lowest BCUT2D eigenvalue weighted by Crippen LogP contribution is -2.30. The Hall–Kier alpha value is -2.27. The lowest BCUT2D eigenvalue weighted by Gasteiger charge is -2.15. The van der Waals surface area contributed by atoms with Gasteiger partial charge in [0.05, 0.1) is 14.2 Å². The Bertz CT molecular complexity index is 717. The van der Waals surface area contributed by atoms with Gasteiger partial charge in [0.15, 0.2) is 16.6 Å². The summed E-state index contributed by atoms with van der Waals surface area (Å²) in [6.45, 7) is 4.87. The van der Waals surface area contributed by atoms with E-state index in [-0.39, 0.29) is 0 Å². The van der Waals surface area contributed by atoms with Crippen LogP contribution in [-0.2, 0) is 6.42 Å². The van der Waals surface area contributed by atoms with Gasteiger partial charge in [-0.05, 0) is 67.4 Å². The molecule has 128 valence electrons. The minimum absolute atomic E-state index is 0.627. The van der Waals surface area contributed by atoms with Crippen molar-refractivity contribution in [1.29, 1.82) is 0 Å². The highest BCUT2D eigenvalue weighted by Crippen LogP contribution is 2.30. The molecule has 5 heteroatoms. The first kappa shape index (κ1) is 18.1. The van der Waals surface area contributed by atoms with Crippen molar-refractivity contribution >= 4 is 23.0 Å². The van der Waals surface area contributed by atoms with Crippen molar-refractivity contribution < 1.29 is 9.47 Å². The Kier molecular flexibility index (Phi) is 6.44. The highest BCUT2D eigenvalue weighted by Gasteiger charge is 2.08. The summed E-state index contributed by atoms with van der Waals surface area (Å²) in [6, 6.07) is 12.1. The van der Waals surface area contributed by atoms with Crippen molar-refractivity contribution in [1.82, 2.24) is 5.32 Å². The SMILES string of the molecule is COc1cc(C)c(CCNC(=S)Nc2ccccc2C)cc1OC. The first-order valence-electron chi connectivity index (χ1n) is 7.87. The maximum absolute atomic E-state index is 5.37. The summed E-state index contributed by atoms with van der Waals surface area (Å²) in [5, 5.41) is 7.10. The van der Waals surface area contributed by atoms with Crippen LogP contribution in [0.1, 0.15) is 16.7 Å².